The Bertz CT molecular complexity index is 1000. The molecule has 4 nitrogen and oxygen atoms in total. The second kappa shape index (κ2) is 8.01. The molecule has 0 unspecified atom stereocenters. The highest BCUT2D eigenvalue weighted by atomic mass is 35.5. The summed E-state index contributed by atoms with van der Waals surface area (Å²) in [6.07, 6.45) is 0. The maximum Gasteiger partial charge on any atom is 0.255 e. The third-order valence-corrected chi connectivity index (χ3v) is 4.27. The minimum atomic E-state index is -0.557. The summed E-state index contributed by atoms with van der Waals surface area (Å²) in [5.41, 5.74) is 2.87. The molecule has 0 heterocycles. The molecule has 0 radical (unpaired) electrons. The number of hydrogen-bond donors (Lipinski definition) is 2. The minimum absolute atomic E-state index is 0.0731. The lowest BCUT2D eigenvalue weighted by molar-refractivity contribution is 0.101. The van der Waals surface area contributed by atoms with Crippen LogP contribution in [0.4, 0.5) is 15.8 Å². The smallest absolute Gasteiger partial charge is 0.255 e. The van der Waals surface area contributed by atoms with Gasteiger partial charge in [0.1, 0.15) is 5.82 Å². The van der Waals surface area contributed by atoms with E-state index in [1.807, 2.05) is 31.2 Å². The molecule has 2 amide bonds. The lowest BCUT2D eigenvalue weighted by atomic mass is 10.1. The number of carbonyl (C=O) groups is 2. The van der Waals surface area contributed by atoms with E-state index in [0.29, 0.717) is 16.8 Å². The first kappa shape index (κ1) is 18.6. The van der Waals surface area contributed by atoms with Crippen LogP contribution in [0.3, 0.4) is 0 Å². The molecule has 6 heteroatoms. The fourth-order valence-electron chi connectivity index (χ4n) is 2.46. The van der Waals surface area contributed by atoms with E-state index in [9.17, 15) is 14.0 Å². The molecule has 0 saturated heterocycles. The van der Waals surface area contributed by atoms with E-state index in [1.54, 1.807) is 24.3 Å². The van der Waals surface area contributed by atoms with Crippen molar-refractivity contribution < 1.29 is 14.0 Å². The van der Waals surface area contributed by atoms with Crippen molar-refractivity contribution in [3.05, 3.63) is 94.3 Å². The van der Waals surface area contributed by atoms with Gasteiger partial charge in [0.2, 0.25) is 0 Å². The minimum Gasteiger partial charge on any atom is -0.322 e. The van der Waals surface area contributed by atoms with E-state index < -0.39 is 5.82 Å². The number of anilines is 2. The first-order chi connectivity index (χ1) is 12.9. The van der Waals surface area contributed by atoms with Crippen molar-refractivity contribution in [3.63, 3.8) is 0 Å². The van der Waals surface area contributed by atoms with Crippen molar-refractivity contribution in [3.8, 4) is 0 Å². The molecule has 136 valence electrons. The van der Waals surface area contributed by atoms with Crippen LogP contribution in [0.5, 0.6) is 0 Å². The molecule has 0 spiro atoms. The molecule has 27 heavy (non-hydrogen) atoms. The van der Waals surface area contributed by atoms with Crippen LogP contribution in [-0.4, -0.2) is 11.8 Å². The second-order valence-electron chi connectivity index (χ2n) is 5.93. The zero-order chi connectivity index (χ0) is 19.4. The summed E-state index contributed by atoms with van der Waals surface area (Å²) in [6.45, 7) is 1.91. The van der Waals surface area contributed by atoms with Gasteiger partial charge in [-0.05, 0) is 61.0 Å². The van der Waals surface area contributed by atoms with Crippen LogP contribution in [0, 0.1) is 12.7 Å². The lowest BCUT2D eigenvalue weighted by Gasteiger charge is -2.09. The molecule has 2 N–H and O–H groups in total. The summed E-state index contributed by atoms with van der Waals surface area (Å²) < 4.78 is 13.2. The quantitative estimate of drug-likeness (QED) is 0.644. The number of amides is 2. The Morgan fingerprint density at radius 1 is 0.852 bits per heavy atom. The molecule has 0 aliphatic carbocycles. The normalized spacial score (nSPS) is 10.3. The van der Waals surface area contributed by atoms with Gasteiger partial charge in [0.05, 0.1) is 5.02 Å². The zero-order valence-corrected chi connectivity index (χ0v) is 15.2. The van der Waals surface area contributed by atoms with Gasteiger partial charge in [-0.25, -0.2) is 4.39 Å². The number of carbonyl (C=O) groups excluding carboxylic acids is 2. The number of hydrogen-bond acceptors (Lipinski definition) is 2. The molecule has 0 bridgehead atoms. The maximum atomic E-state index is 13.2. The molecule has 0 aromatic heterocycles. The molecular formula is C21H16ClFN2O2. The molecule has 0 aliphatic rings. The van der Waals surface area contributed by atoms with E-state index in [0.717, 1.165) is 11.3 Å². The van der Waals surface area contributed by atoms with E-state index in [2.05, 4.69) is 10.6 Å². The van der Waals surface area contributed by atoms with Crippen LogP contribution >= 0.6 is 11.6 Å². The molecule has 0 fully saturated rings. The standard InChI is InChI=1S/C21H16ClFN2O2/c1-13-4-2-3-5-19(13)25-21(27)15-8-6-14(7-9-15)20(26)24-16-10-11-18(23)17(22)12-16/h2-12H,1H3,(H,24,26)(H,25,27). The van der Waals surface area contributed by atoms with E-state index in [4.69, 9.17) is 11.6 Å². The third-order valence-electron chi connectivity index (χ3n) is 3.98. The SMILES string of the molecule is Cc1ccccc1NC(=O)c1ccc(C(=O)Nc2ccc(F)c(Cl)c2)cc1. The number of rotatable bonds is 4. The Morgan fingerprint density at radius 3 is 2.04 bits per heavy atom. The monoisotopic (exact) mass is 382 g/mol. The summed E-state index contributed by atoms with van der Waals surface area (Å²) in [6, 6.07) is 17.6. The maximum absolute atomic E-state index is 13.2. The zero-order valence-electron chi connectivity index (χ0n) is 14.4. The van der Waals surface area contributed by atoms with Gasteiger partial charge in [0.15, 0.2) is 0 Å². The molecule has 3 aromatic carbocycles. The lowest BCUT2D eigenvalue weighted by Crippen LogP contribution is -2.14. The Kier molecular flexibility index (Phi) is 5.52. The van der Waals surface area contributed by atoms with Crippen molar-refractivity contribution in [2.75, 3.05) is 10.6 Å². The van der Waals surface area contributed by atoms with Gasteiger partial charge < -0.3 is 10.6 Å². The van der Waals surface area contributed by atoms with Gasteiger partial charge in [0.25, 0.3) is 11.8 Å². The first-order valence-electron chi connectivity index (χ1n) is 8.17. The average Bonchev–Trinajstić information content (AvgIpc) is 2.66. The van der Waals surface area contributed by atoms with Crippen molar-refractivity contribution in [1.29, 1.82) is 0 Å². The van der Waals surface area contributed by atoms with Gasteiger partial charge in [-0.15, -0.1) is 0 Å². The Hall–Kier alpha value is -3.18. The van der Waals surface area contributed by atoms with Crippen LogP contribution in [0.15, 0.2) is 66.7 Å². The number of para-hydroxylation sites is 1. The largest absolute Gasteiger partial charge is 0.322 e. The van der Waals surface area contributed by atoms with Crippen LogP contribution in [0.2, 0.25) is 5.02 Å². The van der Waals surface area contributed by atoms with E-state index in [-0.39, 0.29) is 16.8 Å². The van der Waals surface area contributed by atoms with Gasteiger partial charge in [0, 0.05) is 22.5 Å². The highest BCUT2D eigenvalue weighted by molar-refractivity contribution is 6.31. The van der Waals surface area contributed by atoms with Gasteiger partial charge in [-0.1, -0.05) is 29.8 Å². The van der Waals surface area contributed by atoms with Crippen molar-refractivity contribution in [2.45, 2.75) is 6.92 Å². The van der Waals surface area contributed by atoms with E-state index >= 15 is 0 Å². The van der Waals surface area contributed by atoms with Gasteiger partial charge >= 0.3 is 0 Å². The number of halogens is 2. The summed E-state index contributed by atoms with van der Waals surface area (Å²) in [7, 11) is 0. The van der Waals surface area contributed by atoms with Crippen LogP contribution in [-0.2, 0) is 0 Å². The highest BCUT2D eigenvalue weighted by Gasteiger charge is 2.11. The van der Waals surface area contributed by atoms with Crippen LogP contribution in [0.25, 0.3) is 0 Å². The third kappa shape index (κ3) is 4.51. The number of benzene rings is 3. The van der Waals surface area contributed by atoms with Crippen molar-refractivity contribution in [2.24, 2.45) is 0 Å². The number of aryl methyl sites for hydroxylation is 1. The molecule has 0 atom stereocenters. The topological polar surface area (TPSA) is 58.2 Å². The molecule has 0 aliphatic heterocycles. The Labute approximate surface area is 161 Å². The van der Waals surface area contributed by atoms with Gasteiger partial charge in [-0.3, -0.25) is 9.59 Å². The predicted octanol–water partition coefficient (Wildman–Crippen LogP) is 5.29. The molecule has 3 rings (SSSR count). The molecule has 3 aromatic rings. The number of nitrogens with one attached hydrogen (secondary N) is 2. The van der Waals surface area contributed by atoms with E-state index in [1.165, 1.54) is 18.2 Å². The Balaban J connectivity index is 1.69. The van der Waals surface area contributed by atoms with Gasteiger partial charge in [-0.2, -0.15) is 0 Å². The fraction of sp³-hybridized carbons (Fsp3) is 0.0476. The summed E-state index contributed by atoms with van der Waals surface area (Å²) >= 11 is 5.71. The van der Waals surface area contributed by atoms with Crippen molar-refractivity contribution in [1.82, 2.24) is 0 Å². The molecular weight excluding hydrogens is 367 g/mol. The van der Waals surface area contributed by atoms with Crippen LogP contribution < -0.4 is 10.6 Å². The first-order valence-corrected chi connectivity index (χ1v) is 8.55. The highest BCUT2D eigenvalue weighted by Crippen LogP contribution is 2.20. The summed E-state index contributed by atoms with van der Waals surface area (Å²) in [4.78, 5) is 24.6. The van der Waals surface area contributed by atoms with Crippen LogP contribution in [0.1, 0.15) is 26.3 Å². The average molecular weight is 383 g/mol. The summed E-state index contributed by atoms with van der Waals surface area (Å²) in [5, 5.41) is 5.40. The van der Waals surface area contributed by atoms with Crippen molar-refractivity contribution >= 4 is 34.8 Å². The summed E-state index contributed by atoms with van der Waals surface area (Å²) in [5.74, 6) is -1.20. The predicted molar refractivity (Wildman–Crippen MR) is 105 cm³/mol. The second-order valence-corrected chi connectivity index (χ2v) is 6.34. The molecule has 0 saturated carbocycles. The Morgan fingerprint density at radius 2 is 1.44 bits per heavy atom. The fourth-order valence-corrected chi connectivity index (χ4v) is 2.64.